The van der Waals surface area contributed by atoms with Gasteiger partial charge in [0, 0.05) is 5.92 Å². The SMILES string of the molecule is CCC(Cc1ccc(C(F)(F)F)cc1)C(=O)N[C@@H](C)C(N)=O. The van der Waals surface area contributed by atoms with Gasteiger partial charge in [0.2, 0.25) is 11.8 Å². The molecule has 1 unspecified atom stereocenters. The van der Waals surface area contributed by atoms with E-state index in [2.05, 4.69) is 5.32 Å². The van der Waals surface area contributed by atoms with Crippen molar-refractivity contribution in [1.82, 2.24) is 5.32 Å². The first kappa shape index (κ1) is 18.0. The summed E-state index contributed by atoms with van der Waals surface area (Å²) in [5, 5.41) is 2.49. The minimum absolute atomic E-state index is 0.298. The molecule has 1 aromatic rings. The zero-order valence-electron chi connectivity index (χ0n) is 12.4. The van der Waals surface area contributed by atoms with Crippen molar-refractivity contribution in [3.8, 4) is 0 Å². The third kappa shape index (κ3) is 5.05. The monoisotopic (exact) mass is 316 g/mol. The van der Waals surface area contributed by atoms with Gasteiger partial charge in [0.1, 0.15) is 6.04 Å². The summed E-state index contributed by atoms with van der Waals surface area (Å²) >= 11 is 0. The maximum atomic E-state index is 12.5. The van der Waals surface area contributed by atoms with Gasteiger partial charge in [-0.3, -0.25) is 9.59 Å². The second kappa shape index (κ2) is 7.29. The van der Waals surface area contributed by atoms with Crippen LogP contribution in [0.4, 0.5) is 13.2 Å². The maximum absolute atomic E-state index is 12.5. The molecule has 3 N–H and O–H groups in total. The zero-order valence-corrected chi connectivity index (χ0v) is 12.4. The molecule has 22 heavy (non-hydrogen) atoms. The van der Waals surface area contributed by atoms with E-state index in [1.165, 1.54) is 19.1 Å². The molecule has 2 amide bonds. The molecule has 0 heterocycles. The average molecular weight is 316 g/mol. The van der Waals surface area contributed by atoms with Crippen LogP contribution in [0.5, 0.6) is 0 Å². The average Bonchev–Trinajstić information content (AvgIpc) is 2.43. The number of primary amides is 1. The number of rotatable bonds is 6. The van der Waals surface area contributed by atoms with Crippen LogP contribution in [-0.2, 0) is 22.2 Å². The molecule has 0 radical (unpaired) electrons. The summed E-state index contributed by atoms with van der Waals surface area (Å²) in [6.45, 7) is 3.27. The molecule has 2 atom stereocenters. The number of amides is 2. The van der Waals surface area contributed by atoms with E-state index in [0.29, 0.717) is 18.4 Å². The Bertz CT molecular complexity index is 527. The van der Waals surface area contributed by atoms with E-state index in [9.17, 15) is 22.8 Å². The van der Waals surface area contributed by atoms with Crippen LogP contribution in [0.1, 0.15) is 31.4 Å². The van der Waals surface area contributed by atoms with Crippen molar-refractivity contribution in [3.05, 3.63) is 35.4 Å². The highest BCUT2D eigenvalue weighted by molar-refractivity contribution is 5.87. The van der Waals surface area contributed by atoms with Gasteiger partial charge in [-0.1, -0.05) is 19.1 Å². The quantitative estimate of drug-likeness (QED) is 0.845. The van der Waals surface area contributed by atoms with Gasteiger partial charge in [-0.25, -0.2) is 0 Å². The highest BCUT2D eigenvalue weighted by atomic mass is 19.4. The summed E-state index contributed by atoms with van der Waals surface area (Å²) in [4.78, 5) is 23.0. The van der Waals surface area contributed by atoms with Gasteiger partial charge >= 0.3 is 6.18 Å². The Hall–Kier alpha value is -2.05. The van der Waals surface area contributed by atoms with E-state index >= 15 is 0 Å². The van der Waals surface area contributed by atoms with E-state index in [-0.39, 0.29) is 5.91 Å². The number of benzene rings is 1. The van der Waals surface area contributed by atoms with E-state index < -0.39 is 29.6 Å². The molecular weight excluding hydrogens is 297 g/mol. The maximum Gasteiger partial charge on any atom is 0.416 e. The van der Waals surface area contributed by atoms with E-state index in [1.807, 2.05) is 0 Å². The summed E-state index contributed by atoms with van der Waals surface area (Å²) in [5.41, 5.74) is 4.98. The van der Waals surface area contributed by atoms with Gasteiger partial charge in [0.25, 0.3) is 0 Å². The van der Waals surface area contributed by atoms with Crippen molar-refractivity contribution >= 4 is 11.8 Å². The number of hydrogen-bond donors (Lipinski definition) is 2. The molecule has 1 rings (SSSR count). The number of nitrogens with two attached hydrogens (primary N) is 1. The van der Waals surface area contributed by atoms with Crippen molar-refractivity contribution in [2.45, 2.75) is 38.9 Å². The molecule has 0 bridgehead atoms. The van der Waals surface area contributed by atoms with Gasteiger partial charge in [0.05, 0.1) is 5.56 Å². The summed E-state index contributed by atoms with van der Waals surface area (Å²) in [6.07, 6.45) is -3.58. The Morgan fingerprint density at radius 2 is 1.77 bits per heavy atom. The van der Waals surface area contributed by atoms with E-state index in [0.717, 1.165) is 12.1 Å². The second-order valence-corrected chi connectivity index (χ2v) is 5.14. The Morgan fingerprint density at radius 1 is 1.23 bits per heavy atom. The first-order valence-electron chi connectivity index (χ1n) is 6.91. The van der Waals surface area contributed by atoms with Crippen LogP contribution in [0.25, 0.3) is 0 Å². The smallest absolute Gasteiger partial charge is 0.368 e. The highest BCUT2D eigenvalue weighted by Crippen LogP contribution is 2.29. The summed E-state index contributed by atoms with van der Waals surface area (Å²) in [6, 6.07) is 3.92. The lowest BCUT2D eigenvalue weighted by molar-refractivity contribution is -0.137. The molecule has 0 saturated carbocycles. The van der Waals surface area contributed by atoms with Gasteiger partial charge in [-0.15, -0.1) is 0 Å². The molecule has 7 heteroatoms. The Kier molecular flexibility index (Phi) is 5.96. The number of hydrogen-bond acceptors (Lipinski definition) is 2. The highest BCUT2D eigenvalue weighted by Gasteiger charge is 2.30. The minimum Gasteiger partial charge on any atom is -0.368 e. The number of halogens is 3. The number of carbonyl (C=O) groups is 2. The number of alkyl halides is 3. The summed E-state index contributed by atoms with van der Waals surface area (Å²) in [7, 11) is 0. The van der Waals surface area contributed by atoms with Crippen LogP contribution in [0.15, 0.2) is 24.3 Å². The fourth-order valence-corrected chi connectivity index (χ4v) is 1.94. The molecule has 1 aromatic carbocycles. The lowest BCUT2D eigenvalue weighted by Gasteiger charge is -2.18. The minimum atomic E-state index is -4.38. The topological polar surface area (TPSA) is 72.2 Å². The predicted molar refractivity (Wildman–Crippen MR) is 75.7 cm³/mol. The number of carbonyl (C=O) groups excluding carboxylic acids is 2. The fraction of sp³-hybridized carbons (Fsp3) is 0.467. The van der Waals surface area contributed by atoms with E-state index in [4.69, 9.17) is 5.73 Å². The molecule has 0 fully saturated rings. The van der Waals surface area contributed by atoms with Crippen molar-refractivity contribution < 1.29 is 22.8 Å². The predicted octanol–water partition coefficient (Wildman–Crippen LogP) is 2.26. The molecule has 0 aliphatic rings. The van der Waals surface area contributed by atoms with Crippen molar-refractivity contribution in [1.29, 1.82) is 0 Å². The number of nitrogens with one attached hydrogen (secondary N) is 1. The molecule has 122 valence electrons. The van der Waals surface area contributed by atoms with Crippen LogP contribution in [-0.4, -0.2) is 17.9 Å². The molecule has 0 aliphatic heterocycles. The van der Waals surface area contributed by atoms with Crippen LogP contribution >= 0.6 is 0 Å². The third-order valence-electron chi connectivity index (χ3n) is 3.41. The normalized spacial score (nSPS) is 14.2. The Morgan fingerprint density at radius 3 is 2.18 bits per heavy atom. The van der Waals surface area contributed by atoms with E-state index in [1.54, 1.807) is 6.92 Å². The van der Waals surface area contributed by atoms with Crippen LogP contribution in [0, 0.1) is 5.92 Å². The van der Waals surface area contributed by atoms with Gasteiger partial charge < -0.3 is 11.1 Å². The summed E-state index contributed by atoms with van der Waals surface area (Å²) < 4.78 is 37.5. The van der Waals surface area contributed by atoms with Crippen LogP contribution < -0.4 is 11.1 Å². The lowest BCUT2D eigenvalue weighted by Crippen LogP contribution is -2.45. The fourth-order valence-electron chi connectivity index (χ4n) is 1.94. The van der Waals surface area contributed by atoms with Crippen LogP contribution in [0.3, 0.4) is 0 Å². The largest absolute Gasteiger partial charge is 0.416 e. The molecule has 0 aliphatic carbocycles. The Labute approximate surface area is 126 Å². The van der Waals surface area contributed by atoms with Crippen molar-refractivity contribution in [2.24, 2.45) is 11.7 Å². The Balaban J connectivity index is 2.74. The lowest BCUT2D eigenvalue weighted by atomic mass is 9.95. The second-order valence-electron chi connectivity index (χ2n) is 5.14. The third-order valence-corrected chi connectivity index (χ3v) is 3.41. The van der Waals surface area contributed by atoms with Crippen LogP contribution in [0.2, 0.25) is 0 Å². The first-order valence-corrected chi connectivity index (χ1v) is 6.91. The standard InChI is InChI=1S/C15H19F3N2O2/c1-3-11(14(22)20-9(2)13(19)21)8-10-4-6-12(7-5-10)15(16,17)18/h4-7,9,11H,3,8H2,1-2H3,(H2,19,21)(H,20,22)/t9-,11?/m0/s1. The van der Waals surface area contributed by atoms with Gasteiger partial charge in [-0.05, 0) is 37.5 Å². The van der Waals surface area contributed by atoms with Gasteiger partial charge in [0.15, 0.2) is 0 Å². The molecule has 0 saturated heterocycles. The first-order chi connectivity index (χ1) is 10.1. The molecule has 0 spiro atoms. The van der Waals surface area contributed by atoms with Crippen molar-refractivity contribution in [2.75, 3.05) is 0 Å². The zero-order chi connectivity index (χ0) is 16.9. The molecule has 4 nitrogen and oxygen atoms in total. The molecular formula is C15H19F3N2O2. The molecule has 0 aromatic heterocycles. The van der Waals surface area contributed by atoms with Crippen molar-refractivity contribution in [3.63, 3.8) is 0 Å². The van der Waals surface area contributed by atoms with Gasteiger partial charge in [-0.2, -0.15) is 13.2 Å². The summed E-state index contributed by atoms with van der Waals surface area (Å²) in [5.74, 6) is -1.41.